The number of carboxylic acids is 1. The molecule has 0 radical (unpaired) electrons. The lowest BCUT2D eigenvalue weighted by Crippen LogP contribution is -2.32. The van der Waals surface area contributed by atoms with E-state index < -0.39 is 5.97 Å². The Hall–Kier alpha value is -2.18. The predicted molar refractivity (Wildman–Crippen MR) is 99.3 cm³/mol. The van der Waals surface area contributed by atoms with Gasteiger partial charge in [0.15, 0.2) is 0 Å². The van der Waals surface area contributed by atoms with Crippen LogP contribution >= 0.6 is 11.3 Å². The molecule has 0 aliphatic heterocycles. The lowest BCUT2D eigenvalue weighted by Gasteiger charge is -2.19. The zero-order valence-corrected chi connectivity index (χ0v) is 15.1. The molecule has 5 nitrogen and oxygen atoms in total. The fourth-order valence-electron chi connectivity index (χ4n) is 3.21. The first-order valence-electron chi connectivity index (χ1n) is 8.52. The molecule has 0 saturated carbocycles. The second-order valence-corrected chi connectivity index (χ2v) is 7.31. The van der Waals surface area contributed by atoms with Gasteiger partial charge in [0.25, 0.3) is 0 Å². The third-order valence-corrected chi connectivity index (χ3v) is 5.66. The van der Waals surface area contributed by atoms with Crippen LogP contribution in [0.1, 0.15) is 39.7 Å². The zero-order valence-electron chi connectivity index (χ0n) is 14.2. The number of fused-ring (bicyclic) bond motifs is 1. The van der Waals surface area contributed by atoms with Gasteiger partial charge < -0.3 is 10.4 Å². The molecule has 1 aromatic heterocycles. The van der Waals surface area contributed by atoms with Gasteiger partial charge in [0.1, 0.15) is 5.00 Å². The molecule has 1 amide bonds. The largest absolute Gasteiger partial charge is 0.478 e. The Bertz CT molecular complexity index is 770. The van der Waals surface area contributed by atoms with Crippen molar-refractivity contribution in [3.05, 3.63) is 51.9 Å². The zero-order chi connectivity index (χ0) is 17.8. The molecule has 1 aliphatic carbocycles. The number of carbonyl (C=O) groups excluding carboxylic acids is 1. The lowest BCUT2D eigenvalue weighted by molar-refractivity contribution is -0.117. The number of carbonyl (C=O) groups is 2. The number of nitrogens with one attached hydrogen (secondary N) is 1. The molecule has 0 unspecified atom stereocenters. The van der Waals surface area contributed by atoms with Crippen LogP contribution in [0.25, 0.3) is 0 Å². The summed E-state index contributed by atoms with van der Waals surface area (Å²) in [5.41, 5.74) is 2.35. The quantitative estimate of drug-likeness (QED) is 0.796. The first-order valence-corrected chi connectivity index (χ1v) is 9.34. The number of nitrogens with zero attached hydrogens (tertiary/aromatic N) is 1. The molecule has 0 atom stereocenters. The van der Waals surface area contributed by atoms with Crippen molar-refractivity contribution in [2.45, 2.75) is 32.7 Å². The molecule has 0 bridgehead atoms. The summed E-state index contributed by atoms with van der Waals surface area (Å²) in [7, 11) is 0. The van der Waals surface area contributed by atoms with E-state index in [1.807, 2.05) is 42.2 Å². The minimum absolute atomic E-state index is 0.166. The Kier molecular flexibility index (Phi) is 5.50. The second kappa shape index (κ2) is 7.80. The van der Waals surface area contributed by atoms with Gasteiger partial charge in [-0.3, -0.25) is 9.69 Å². The molecule has 6 heteroatoms. The van der Waals surface area contributed by atoms with E-state index in [9.17, 15) is 14.7 Å². The maximum absolute atomic E-state index is 12.4. The highest BCUT2D eigenvalue weighted by molar-refractivity contribution is 7.17. The minimum atomic E-state index is -0.952. The van der Waals surface area contributed by atoms with Crippen LogP contribution in [0.2, 0.25) is 0 Å². The number of rotatable bonds is 7. The normalized spacial score (nSPS) is 13.0. The van der Waals surface area contributed by atoms with E-state index in [4.69, 9.17) is 0 Å². The Morgan fingerprint density at radius 1 is 1.24 bits per heavy atom. The van der Waals surface area contributed by atoms with Crippen LogP contribution < -0.4 is 5.32 Å². The number of anilines is 1. The Morgan fingerprint density at radius 2 is 2.00 bits per heavy atom. The molecule has 1 aromatic carbocycles. The molecule has 25 heavy (non-hydrogen) atoms. The van der Waals surface area contributed by atoms with Crippen molar-refractivity contribution in [1.82, 2.24) is 4.90 Å². The van der Waals surface area contributed by atoms with Crippen molar-refractivity contribution in [2.24, 2.45) is 0 Å². The van der Waals surface area contributed by atoms with Gasteiger partial charge in [-0.25, -0.2) is 4.79 Å². The van der Waals surface area contributed by atoms with Crippen LogP contribution in [0.15, 0.2) is 30.3 Å². The average molecular weight is 358 g/mol. The summed E-state index contributed by atoms with van der Waals surface area (Å²) in [5.74, 6) is -1.12. The van der Waals surface area contributed by atoms with Gasteiger partial charge in [0.05, 0.1) is 12.1 Å². The van der Waals surface area contributed by atoms with Gasteiger partial charge in [-0.05, 0) is 36.9 Å². The van der Waals surface area contributed by atoms with Gasteiger partial charge in [0, 0.05) is 11.4 Å². The van der Waals surface area contributed by atoms with Gasteiger partial charge in [-0.1, -0.05) is 37.3 Å². The average Bonchev–Trinajstić information content (AvgIpc) is 3.15. The van der Waals surface area contributed by atoms with E-state index in [2.05, 4.69) is 5.32 Å². The van der Waals surface area contributed by atoms with Crippen LogP contribution in [0, 0.1) is 0 Å². The third kappa shape index (κ3) is 4.08. The summed E-state index contributed by atoms with van der Waals surface area (Å²) in [4.78, 5) is 27.2. The van der Waals surface area contributed by atoms with Crippen LogP contribution in [-0.4, -0.2) is 35.0 Å². The molecule has 3 rings (SSSR count). The lowest BCUT2D eigenvalue weighted by atomic mass is 10.1. The highest BCUT2D eigenvalue weighted by Gasteiger charge is 2.27. The van der Waals surface area contributed by atoms with Gasteiger partial charge in [0.2, 0.25) is 5.91 Å². The Morgan fingerprint density at radius 3 is 2.68 bits per heavy atom. The molecule has 2 aromatic rings. The summed E-state index contributed by atoms with van der Waals surface area (Å²) >= 11 is 1.41. The molecule has 132 valence electrons. The van der Waals surface area contributed by atoms with Crippen molar-refractivity contribution in [2.75, 3.05) is 18.4 Å². The summed E-state index contributed by atoms with van der Waals surface area (Å²) in [5, 5.41) is 12.8. The van der Waals surface area contributed by atoms with Gasteiger partial charge in [-0.2, -0.15) is 0 Å². The van der Waals surface area contributed by atoms with E-state index in [1.165, 1.54) is 11.3 Å². The first kappa shape index (κ1) is 17.6. The SMILES string of the molecule is CCN(CC(=O)Nc1sc2c(c1C(=O)O)CCC2)Cc1ccccc1. The summed E-state index contributed by atoms with van der Waals surface area (Å²) in [6.45, 7) is 3.69. The van der Waals surface area contributed by atoms with Gasteiger partial charge in [-0.15, -0.1) is 11.3 Å². The monoisotopic (exact) mass is 358 g/mol. The number of aryl methyl sites for hydroxylation is 1. The van der Waals surface area contributed by atoms with Crippen LogP contribution in [0.5, 0.6) is 0 Å². The van der Waals surface area contributed by atoms with Crippen LogP contribution in [-0.2, 0) is 24.2 Å². The Labute approximate surface area is 151 Å². The van der Waals surface area contributed by atoms with Crippen molar-refractivity contribution in [1.29, 1.82) is 0 Å². The molecule has 1 heterocycles. The molecule has 0 fully saturated rings. The fourth-order valence-corrected chi connectivity index (χ4v) is 4.51. The van der Waals surface area contributed by atoms with Crippen molar-refractivity contribution in [3.63, 3.8) is 0 Å². The number of thiophene rings is 1. The second-order valence-electron chi connectivity index (χ2n) is 6.20. The maximum atomic E-state index is 12.4. The molecule has 0 saturated heterocycles. The van der Waals surface area contributed by atoms with Crippen LogP contribution in [0.3, 0.4) is 0 Å². The number of hydrogen-bond donors (Lipinski definition) is 2. The predicted octanol–water partition coefficient (Wildman–Crippen LogP) is 3.40. The Balaban J connectivity index is 1.67. The smallest absolute Gasteiger partial charge is 0.339 e. The highest BCUT2D eigenvalue weighted by atomic mass is 32.1. The van der Waals surface area contributed by atoms with Gasteiger partial charge >= 0.3 is 5.97 Å². The van der Waals surface area contributed by atoms with Crippen molar-refractivity contribution >= 4 is 28.2 Å². The minimum Gasteiger partial charge on any atom is -0.478 e. The number of hydrogen-bond acceptors (Lipinski definition) is 4. The molecule has 0 spiro atoms. The summed E-state index contributed by atoms with van der Waals surface area (Å²) < 4.78 is 0. The number of aromatic carboxylic acids is 1. The van der Waals surface area contributed by atoms with E-state index in [0.717, 1.165) is 41.8 Å². The van der Waals surface area contributed by atoms with E-state index in [1.54, 1.807) is 0 Å². The maximum Gasteiger partial charge on any atom is 0.339 e. The van der Waals surface area contributed by atoms with E-state index >= 15 is 0 Å². The number of benzene rings is 1. The topological polar surface area (TPSA) is 69.6 Å². The number of amides is 1. The number of carboxylic acid groups (broad SMARTS) is 1. The van der Waals surface area contributed by atoms with Crippen molar-refractivity contribution < 1.29 is 14.7 Å². The first-order chi connectivity index (χ1) is 12.1. The molecular formula is C19H22N2O3S. The summed E-state index contributed by atoms with van der Waals surface area (Å²) in [6.07, 6.45) is 2.69. The molecule has 1 aliphatic rings. The number of likely N-dealkylation sites (N-methyl/N-ethyl adjacent to an activating group) is 1. The van der Waals surface area contributed by atoms with Crippen molar-refractivity contribution in [3.8, 4) is 0 Å². The van der Waals surface area contributed by atoms with E-state index in [-0.39, 0.29) is 18.0 Å². The fraction of sp³-hybridized carbons (Fsp3) is 0.368. The third-order valence-electron chi connectivity index (χ3n) is 4.45. The highest BCUT2D eigenvalue weighted by Crippen LogP contribution is 2.39. The standard InChI is InChI=1S/C19H22N2O3S/c1-2-21(11-13-7-4-3-5-8-13)12-16(22)20-18-17(19(23)24)14-9-6-10-15(14)25-18/h3-5,7-8H,2,6,9-12H2,1H3,(H,20,22)(H,23,24). The van der Waals surface area contributed by atoms with Crippen LogP contribution in [0.4, 0.5) is 5.00 Å². The molecular weight excluding hydrogens is 336 g/mol. The molecule has 2 N–H and O–H groups in total. The van der Waals surface area contributed by atoms with E-state index in [0.29, 0.717) is 11.5 Å². The summed E-state index contributed by atoms with van der Waals surface area (Å²) in [6, 6.07) is 10.0.